The fourth-order valence-corrected chi connectivity index (χ4v) is 4.03. The van der Waals surface area contributed by atoms with E-state index in [4.69, 9.17) is 4.98 Å². The average Bonchev–Trinajstić information content (AvgIpc) is 2.54. The summed E-state index contributed by atoms with van der Waals surface area (Å²) in [5.41, 5.74) is 10.00. The van der Waals surface area contributed by atoms with Crippen molar-refractivity contribution in [2.45, 2.75) is 18.8 Å². The second kappa shape index (κ2) is 4.05. The number of fused-ring (bicyclic) bond motifs is 4. The van der Waals surface area contributed by atoms with Gasteiger partial charge in [-0.2, -0.15) is 0 Å². The molecule has 2 aromatic carbocycles. The molecule has 21 heavy (non-hydrogen) atoms. The van der Waals surface area contributed by atoms with E-state index in [9.17, 15) is 0 Å². The summed E-state index contributed by atoms with van der Waals surface area (Å²) in [7, 11) is 0. The van der Waals surface area contributed by atoms with E-state index < -0.39 is 0 Å². The van der Waals surface area contributed by atoms with Crippen LogP contribution in [0.2, 0.25) is 0 Å². The van der Waals surface area contributed by atoms with E-state index in [1.165, 1.54) is 39.1 Å². The maximum absolute atomic E-state index is 4.74. The van der Waals surface area contributed by atoms with Gasteiger partial charge in [0.25, 0.3) is 0 Å². The predicted octanol–water partition coefficient (Wildman–Crippen LogP) is 4.07. The van der Waals surface area contributed by atoms with Gasteiger partial charge >= 0.3 is 0 Å². The fourth-order valence-electron chi connectivity index (χ4n) is 4.03. The minimum Gasteiger partial charge on any atom is -0.260 e. The average molecular weight is 269 g/mol. The van der Waals surface area contributed by atoms with Crippen LogP contribution in [0, 0.1) is 0 Å². The highest BCUT2D eigenvalue weighted by atomic mass is 14.7. The van der Waals surface area contributed by atoms with Crippen molar-refractivity contribution >= 4 is 0 Å². The normalized spacial score (nSPS) is 17.6. The van der Waals surface area contributed by atoms with Crippen molar-refractivity contribution in [1.29, 1.82) is 0 Å². The van der Waals surface area contributed by atoms with E-state index in [0.29, 0.717) is 5.92 Å². The third-order valence-corrected chi connectivity index (χ3v) is 4.90. The van der Waals surface area contributed by atoms with Crippen LogP contribution >= 0.6 is 0 Å². The molecule has 1 atom stereocenters. The molecular weight excluding hydrogens is 254 g/mol. The first-order chi connectivity index (χ1) is 10.4. The largest absolute Gasteiger partial charge is 0.260 e. The summed E-state index contributed by atoms with van der Waals surface area (Å²) in [4.78, 5) is 4.74. The van der Waals surface area contributed by atoms with Gasteiger partial charge in [0.1, 0.15) is 0 Å². The lowest BCUT2D eigenvalue weighted by Crippen LogP contribution is -2.23. The quantitative estimate of drug-likeness (QED) is 0.413. The van der Waals surface area contributed by atoms with Gasteiger partial charge in [-0.15, -0.1) is 0 Å². The Balaban J connectivity index is 1.88. The molecule has 0 spiro atoms. The summed E-state index contributed by atoms with van der Waals surface area (Å²) < 4.78 is 0. The summed E-state index contributed by atoms with van der Waals surface area (Å²) in [5, 5.41) is 0. The summed E-state index contributed by atoms with van der Waals surface area (Å²) in [6, 6.07) is 19.9. The lowest BCUT2D eigenvalue weighted by Gasteiger charge is -2.34. The molecule has 3 aromatic rings. The molecule has 1 unspecified atom stereocenters. The molecule has 0 saturated heterocycles. The van der Waals surface area contributed by atoms with Crippen molar-refractivity contribution in [1.82, 2.24) is 4.98 Å². The summed E-state index contributed by atoms with van der Waals surface area (Å²) in [6.45, 7) is 0. The first kappa shape index (κ1) is 11.3. The Kier molecular flexibility index (Phi) is 2.17. The first-order valence-electron chi connectivity index (χ1n) is 7.54. The van der Waals surface area contributed by atoms with Crippen molar-refractivity contribution in [3.8, 4) is 0 Å². The third-order valence-electron chi connectivity index (χ3n) is 4.90. The van der Waals surface area contributed by atoms with E-state index >= 15 is 0 Å². The molecule has 0 aliphatic heterocycles. The molecule has 1 aromatic heterocycles. The topological polar surface area (TPSA) is 12.9 Å². The molecule has 100 valence electrons. The Hall–Kier alpha value is -2.41. The molecule has 0 bridgehead atoms. The van der Waals surface area contributed by atoms with Crippen LogP contribution in [-0.4, -0.2) is 4.98 Å². The van der Waals surface area contributed by atoms with Gasteiger partial charge in [-0.3, -0.25) is 4.98 Å². The standard InChI is InChI=1S/C20H15N/c1-2-9-17-13(5-1)11-14-6-3-7-15-12-16-8-4-10-21-20(16)19(17)18(14)15/h1-10,19H,11-12H2. The third kappa shape index (κ3) is 1.49. The van der Waals surface area contributed by atoms with Crippen molar-refractivity contribution in [2.75, 3.05) is 0 Å². The zero-order valence-electron chi connectivity index (χ0n) is 11.7. The van der Waals surface area contributed by atoms with Crippen LogP contribution < -0.4 is 0 Å². The van der Waals surface area contributed by atoms with Crippen LogP contribution in [0.1, 0.15) is 45.0 Å². The summed E-state index contributed by atoms with van der Waals surface area (Å²) in [5.74, 6) is 0.325. The van der Waals surface area contributed by atoms with Gasteiger partial charge in [-0.25, -0.2) is 0 Å². The first-order valence-corrected chi connectivity index (χ1v) is 7.54. The number of rotatable bonds is 0. The Morgan fingerprint density at radius 1 is 0.714 bits per heavy atom. The number of hydrogen-bond acceptors (Lipinski definition) is 1. The SMILES string of the molecule is c1ccc2c(c1)Cc1cccc3c1C2c1ncccc1C3. The van der Waals surface area contributed by atoms with Crippen LogP contribution in [0.25, 0.3) is 0 Å². The Morgan fingerprint density at radius 3 is 2.33 bits per heavy atom. The molecule has 1 heteroatoms. The lowest BCUT2D eigenvalue weighted by molar-refractivity contribution is 0.791. The molecule has 0 fully saturated rings. The molecule has 5 rings (SSSR count). The lowest BCUT2D eigenvalue weighted by atomic mass is 9.70. The molecule has 1 heterocycles. The highest BCUT2D eigenvalue weighted by molar-refractivity contribution is 5.60. The van der Waals surface area contributed by atoms with Gasteiger partial charge in [0.15, 0.2) is 0 Å². The Labute approximate surface area is 124 Å². The zero-order chi connectivity index (χ0) is 13.8. The van der Waals surface area contributed by atoms with E-state index in [-0.39, 0.29) is 0 Å². The highest BCUT2D eigenvalue weighted by Crippen LogP contribution is 2.46. The van der Waals surface area contributed by atoms with Gasteiger partial charge in [-0.1, -0.05) is 48.5 Å². The van der Waals surface area contributed by atoms with Crippen LogP contribution in [0.4, 0.5) is 0 Å². The molecule has 2 aliphatic rings. The minimum absolute atomic E-state index is 0.325. The van der Waals surface area contributed by atoms with Crippen molar-refractivity contribution in [3.63, 3.8) is 0 Å². The summed E-state index contributed by atoms with van der Waals surface area (Å²) >= 11 is 0. The smallest absolute Gasteiger partial charge is 0.0558 e. The Morgan fingerprint density at radius 2 is 1.43 bits per heavy atom. The van der Waals surface area contributed by atoms with Crippen molar-refractivity contribution < 1.29 is 0 Å². The number of pyridine rings is 1. The number of hydrogen-bond donors (Lipinski definition) is 0. The van der Waals surface area contributed by atoms with Crippen LogP contribution in [-0.2, 0) is 12.8 Å². The number of nitrogens with zero attached hydrogens (tertiary/aromatic N) is 1. The van der Waals surface area contributed by atoms with E-state index in [2.05, 4.69) is 54.6 Å². The van der Waals surface area contributed by atoms with E-state index in [1.807, 2.05) is 6.20 Å². The van der Waals surface area contributed by atoms with Gasteiger partial charge in [-0.05, 0) is 52.3 Å². The second-order valence-corrected chi connectivity index (χ2v) is 6.02. The van der Waals surface area contributed by atoms with Gasteiger partial charge in [0.05, 0.1) is 11.6 Å². The molecule has 0 radical (unpaired) electrons. The van der Waals surface area contributed by atoms with E-state index in [1.54, 1.807) is 0 Å². The van der Waals surface area contributed by atoms with Gasteiger partial charge in [0, 0.05) is 6.20 Å². The molecule has 1 nitrogen and oxygen atoms in total. The molecule has 0 amide bonds. The van der Waals surface area contributed by atoms with Crippen LogP contribution in [0.3, 0.4) is 0 Å². The number of aromatic nitrogens is 1. The van der Waals surface area contributed by atoms with Gasteiger partial charge < -0.3 is 0 Å². The zero-order valence-corrected chi connectivity index (χ0v) is 11.7. The van der Waals surface area contributed by atoms with E-state index in [0.717, 1.165) is 12.8 Å². The molecule has 2 aliphatic carbocycles. The second-order valence-electron chi connectivity index (χ2n) is 6.02. The number of benzene rings is 2. The fraction of sp³-hybridized carbons (Fsp3) is 0.150. The molecular formula is C20H15N. The molecule has 0 N–H and O–H groups in total. The monoisotopic (exact) mass is 269 g/mol. The van der Waals surface area contributed by atoms with Crippen molar-refractivity contribution in [2.24, 2.45) is 0 Å². The Bertz CT molecular complexity index is 795. The maximum atomic E-state index is 4.74. The van der Waals surface area contributed by atoms with Gasteiger partial charge in [0.2, 0.25) is 0 Å². The van der Waals surface area contributed by atoms with Crippen molar-refractivity contribution in [3.05, 3.63) is 99.9 Å². The van der Waals surface area contributed by atoms with Crippen LogP contribution in [0.5, 0.6) is 0 Å². The minimum atomic E-state index is 0.325. The highest BCUT2D eigenvalue weighted by Gasteiger charge is 2.33. The molecule has 0 saturated carbocycles. The predicted molar refractivity (Wildman–Crippen MR) is 83.7 cm³/mol. The maximum Gasteiger partial charge on any atom is 0.0558 e. The summed E-state index contributed by atoms with van der Waals surface area (Å²) in [6.07, 6.45) is 4.01. The van der Waals surface area contributed by atoms with Crippen LogP contribution in [0.15, 0.2) is 60.8 Å².